The Hall–Kier alpha value is -1.52. The molecule has 19 heavy (non-hydrogen) atoms. The first kappa shape index (κ1) is 15.5. The summed E-state index contributed by atoms with van der Waals surface area (Å²) in [5.41, 5.74) is 0.779. The van der Waals surface area contributed by atoms with Gasteiger partial charge < -0.3 is 4.74 Å². The summed E-state index contributed by atoms with van der Waals surface area (Å²) in [6.45, 7) is 3.12. The Morgan fingerprint density at radius 1 is 1.26 bits per heavy atom. The Labute approximate surface area is 110 Å². The molecule has 1 aromatic rings. The van der Waals surface area contributed by atoms with E-state index < -0.39 is 18.1 Å². The number of carbonyl (C=O) groups is 1. The maximum atomic E-state index is 12.9. The lowest BCUT2D eigenvalue weighted by Gasteiger charge is -2.22. The molecular weight excluding hydrogens is 257 g/mol. The minimum atomic E-state index is -4.57. The van der Waals surface area contributed by atoms with Gasteiger partial charge in [-0.1, -0.05) is 37.3 Å². The average molecular weight is 274 g/mol. The topological polar surface area (TPSA) is 26.3 Å². The van der Waals surface area contributed by atoms with Crippen LogP contribution >= 0.6 is 0 Å². The van der Waals surface area contributed by atoms with E-state index in [1.807, 2.05) is 0 Å². The first-order chi connectivity index (χ1) is 8.86. The summed E-state index contributed by atoms with van der Waals surface area (Å²) in [5.74, 6) is -3.63. The molecule has 0 radical (unpaired) electrons. The van der Waals surface area contributed by atoms with Gasteiger partial charge in [0.05, 0.1) is 6.61 Å². The van der Waals surface area contributed by atoms with E-state index in [1.54, 1.807) is 37.3 Å². The molecule has 2 atom stereocenters. The molecule has 2 nitrogen and oxygen atoms in total. The van der Waals surface area contributed by atoms with Gasteiger partial charge in [-0.15, -0.1) is 0 Å². The minimum Gasteiger partial charge on any atom is -0.466 e. The fourth-order valence-electron chi connectivity index (χ4n) is 1.88. The number of rotatable bonds is 5. The van der Waals surface area contributed by atoms with Gasteiger partial charge in [0.25, 0.3) is 0 Å². The highest BCUT2D eigenvalue weighted by molar-refractivity contribution is 5.73. The number of ether oxygens (including phenoxy) is 1. The van der Waals surface area contributed by atoms with Crippen molar-refractivity contribution in [1.82, 2.24) is 0 Å². The van der Waals surface area contributed by atoms with Crippen LogP contribution in [-0.2, 0) is 9.53 Å². The molecule has 1 aromatic carbocycles. The fraction of sp³-hybridized carbons (Fsp3) is 0.500. The van der Waals surface area contributed by atoms with Crippen molar-refractivity contribution in [2.24, 2.45) is 5.92 Å². The number of halogens is 3. The van der Waals surface area contributed by atoms with Crippen molar-refractivity contribution in [2.45, 2.75) is 32.4 Å². The van der Waals surface area contributed by atoms with E-state index in [0.717, 1.165) is 5.56 Å². The smallest absolute Gasteiger partial charge is 0.402 e. The van der Waals surface area contributed by atoms with Crippen LogP contribution in [0.1, 0.15) is 31.7 Å². The highest BCUT2D eigenvalue weighted by Gasteiger charge is 2.46. The van der Waals surface area contributed by atoms with Gasteiger partial charge in [-0.25, -0.2) is 0 Å². The largest absolute Gasteiger partial charge is 0.466 e. The predicted molar refractivity (Wildman–Crippen MR) is 65.7 cm³/mol. The molecule has 2 unspecified atom stereocenters. The van der Waals surface area contributed by atoms with Crippen molar-refractivity contribution in [2.75, 3.05) is 6.61 Å². The number of hydrogen-bond donors (Lipinski definition) is 0. The van der Waals surface area contributed by atoms with Crippen LogP contribution in [0.5, 0.6) is 0 Å². The monoisotopic (exact) mass is 274 g/mol. The summed E-state index contributed by atoms with van der Waals surface area (Å²) >= 11 is 0. The lowest BCUT2D eigenvalue weighted by Crippen LogP contribution is -2.33. The Kier molecular flexibility index (Phi) is 5.39. The van der Waals surface area contributed by atoms with Crippen molar-refractivity contribution < 1.29 is 22.7 Å². The Morgan fingerprint density at radius 3 is 2.32 bits per heavy atom. The molecule has 0 fully saturated rings. The van der Waals surface area contributed by atoms with Gasteiger partial charge in [0.1, 0.15) is 0 Å². The van der Waals surface area contributed by atoms with Crippen molar-refractivity contribution in [3.8, 4) is 0 Å². The van der Waals surface area contributed by atoms with Crippen LogP contribution in [0.4, 0.5) is 13.2 Å². The Bertz CT molecular complexity index is 401. The molecule has 0 aliphatic heterocycles. The average Bonchev–Trinajstić information content (AvgIpc) is 2.35. The summed E-state index contributed by atoms with van der Waals surface area (Å²) in [4.78, 5) is 11.4. The zero-order valence-electron chi connectivity index (χ0n) is 10.9. The van der Waals surface area contributed by atoms with E-state index in [9.17, 15) is 18.0 Å². The van der Waals surface area contributed by atoms with Gasteiger partial charge in [-0.2, -0.15) is 13.2 Å². The molecular formula is C14H17F3O2. The van der Waals surface area contributed by atoms with Crippen LogP contribution in [0.25, 0.3) is 0 Å². The van der Waals surface area contributed by atoms with Crippen LogP contribution in [0.15, 0.2) is 30.3 Å². The number of alkyl halides is 3. The van der Waals surface area contributed by atoms with E-state index in [0.29, 0.717) is 0 Å². The number of carbonyl (C=O) groups excluding carboxylic acids is 1. The summed E-state index contributed by atoms with van der Waals surface area (Å²) in [6, 6.07) is 8.83. The van der Waals surface area contributed by atoms with Crippen LogP contribution in [-0.4, -0.2) is 18.8 Å². The van der Waals surface area contributed by atoms with E-state index in [-0.39, 0.29) is 18.9 Å². The molecule has 0 aliphatic rings. The van der Waals surface area contributed by atoms with Crippen LogP contribution in [0.3, 0.4) is 0 Å². The summed E-state index contributed by atoms with van der Waals surface area (Å²) < 4.78 is 43.1. The van der Waals surface area contributed by atoms with Crippen LogP contribution < -0.4 is 0 Å². The highest BCUT2D eigenvalue weighted by Crippen LogP contribution is 2.35. The zero-order chi connectivity index (χ0) is 14.5. The van der Waals surface area contributed by atoms with Crippen molar-refractivity contribution in [1.29, 1.82) is 0 Å². The molecule has 106 valence electrons. The molecule has 0 heterocycles. The third-order valence-corrected chi connectivity index (χ3v) is 2.92. The van der Waals surface area contributed by atoms with E-state index in [1.165, 1.54) is 6.92 Å². The van der Waals surface area contributed by atoms with E-state index in [4.69, 9.17) is 0 Å². The molecule has 0 amide bonds. The molecule has 0 bridgehead atoms. The number of hydrogen-bond acceptors (Lipinski definition) is 2. The van der Waals surface area contributed by atoms with Gasteiger partial charge in [0, 0.05) is 0 Å². The Balaban J connectivity index is 2.81. The molecule has 0 aliphatic carbocycles. The van der Waals surface area contributed by atoms with E-state index in [2.05, 4.69) is 4.74 Å². The second-order valence-corrected chi connectivity index (χ2v) is 4.39. The third kappa shape index (κ3) is 4.58. The van der Waals surface area contributed by atoms with Gasteiger partial charge in [0.15, 0.2) is 5.92 Å². The van der Waals surface area contributed by atoms with Gasteiger partial charge in [-0.3, -0.25) is 4.79 Å². The summed E-state index contributed by atoms with van der Waals surface area (Å²) in [5, 5.41) is 0. The lowest BCUT2D eigenvalue weighted by atomic mass is 9.90. The lowest BCUT2D eigenvalue weighted by molar-refractivity contribution is -0.199. The zero-order valence-corrected chi connectivity index (χ0v) is 10.9. The molecule has 5 heteroatoms. The van der Waals surface area contributed by atoms with Crippen molar-refractivity contribution >= 4 is 5.97 Å². The molecule has 0 aromatic heterocycles. The van der Waals surface area contributed by atoms with Crippen LogP contribution in [0.2, 0.25) is 0 Å². The van der Waals surface area contributed by atoms with Gasteiger partial charge >= 0.3 is 12.1 Å². The second kappa shape index (κ2) is 6.59. The van der Waals surface area contributed by atoms with Crippen LogP contribution in [0, 0.1) is 5.92 Å². The normalized spacial score (nSPS) is 14.8. The summed E-state index contributed by atoms with van der Waals surface area (Å²) in [7, 11) is 0. The first-order valence-electron chi connectivity index (χ1n) is 6.14. The molecule has 0 N–H and O–H groups in total. The quantitative estimate of drug-likeness (QED) is 0.761. The molecule has 0 spiro atoms. The predicted octanol–water partition coefficient (Wildman–Crippen LogP) is 3.92. The molecule has 0 saturated heterocycles. The maximum Gasteiger partial charge on any atom is 0.402 e. The van der Waals surface area contributed by atoms with Gasteiger partial charge in [0.2, 0.25) is 0 Å². The SMILES string of the molecule is CCOC(=O)C(CC(C)c1ccccc1)C(F)(F)F. The maximum absolute atomic E-state index is 12.9. The van der Waals surface area contributed by atoms with E-state index >= 15 is 0 Å². The minimum absolute atomic E-state index is 0.0505. The second-order valence-electron chi connectivity index (χ2n) is 4.39. The summed E-state index contributed by atoms with van der Waals surface area (Å²) in [6.07, 6.45) is -4.87. The number of benzene rings is 1. The van der Waals surface area contributed by atoms with Crippen molar-refractivity contribution in [3.05, 3.63) is 35.9 Å². The van der Waals surface area contributed by atoms with Crippen molar-refractivity contribution in [3.63, 3.8) is 0 Å². The first-order valence-corrected chi connectivity index (χ1v) is 6.14. The highest BCUT2D eigenvalue weighted by atomic mass is 19.4. The molecule has 1 rings (SSSR count). The molecule has 0 saturated carbocycles. The Morgan fingerprint density at radius 2 is 1.84 bits per heavy atom. The number of esters is 1. The van der Waals surface area contributed by atoms with Gasteiger partial charge in [-0.05, 0) is 24.8 Å². The fourth-order valence-corrected chi connectivity index (χ4v) is 1.88. The standard InChI is InChI=1S/C14H17F3O2/c1-3-19-13(18)12(14(15,16)17)9-10(2)11-7-5-4-6-8-11/h4-8,10,12H,3,9H2,1-2H3. The third-order valence-electron chi connectivity index (χ3n) is 2.92.